The minimum atomic E-state index is 0.205. The standard InChI is InChI=1S/C8H5N3OS/c9-8-11-4-1-2-5-7(6(4)12-8)13-3-10-5/h1-3H,(H2,9,11). The summed E-state index contributed by atoms with van der Waals surface area (Å²) < 4.78 is 6.28. The lowest BCUT2D eigenvalue weighted by Crippen LogP contribution is -1.80. The first-order valence-electron chi connectivity index (χ1n) is 3.73. The number of oxazole rings is 1. The molecule has 64 valence electrons. The molecule has 13 heavy (non-hydrogen) atoms. The van der Waals surface area contributed by atoms with E-state index in [0.29, 0.717) is 0 Å². The van der Waals surface area contributed by atoms with E-state index >= 15 is 0 Å². The molecule has 0 radical (unpaired) electrons. The Labute approximate surface area is 77.0 Å². The third-order valence-electron chi connectivity index (χ3n) is 1.87. The highest BCUT2D eigenvalue weighted by molar-refractivity contribution is 7.17. The van der Waals surface area contributed by atoms with Crippen LogP contribution in [0.4, 0.5) is 6.01 Å². The first-order chi connectivity index (χ1) is 6.34. The second kappa shape index (κ2) is 2.20. The number of benzene rings is 1. The van der Waals surface area contributed by atoms with Gasteiger partial charge in [0.05, 0.1) is 15.7 Å². The van der Waals surface area contributed by atoms with Crippen molar-refractivity contribution in [1.29, 1.82) is 0 Å². The van der Waals surface area contributed by atoms with Crippen molar-refractivity contribution in [2.24, 2.45) is 0 Å². The largest absolute Gasteiger partial charge is 0.422 e. The average molecular weight is 191 g/mol. The first kappa shape index (κ1) is 6.85. The van der Waals surface area contributed by atoms with Crippen molar-refractivity contribution < 1.29 is 4.42 Å². The fraction of sp³-hybridized carbons (Fsp3) is 0. The van der Waals surface area contributed by atoms with E-state index in [4.69, 9.17) is 10.2 Å². The van der Waals surface area contributed by atoms with E-state index in [2.05, 4.69) is 9.97 Å². The summed E-state index contributed by atoms with van der Waals surface area (Å²) in [5.74, 6) is 0. The van der Waals surface area contributed by atoms with Crippen LogP contribution in [0.3, 0.4) is 0 Å². The normalized spacial score (nSPS) is 11.4. The van der Waals surface area contributed by atoms with E-state index in [1.807, 2.05) is 12.1 Å². The lowest BCUT2D eigenvalue weighted by atomic mass is 10.3. The Hall–Kier alpha value is -1.62. The number of nitrogens with zero attached hydrogens (tertiary/aromatic N) is 2. The van der Waals surface area contributed by atoms with Gasteiger partial charge in [0.15, 0.2) is 5.58 Å². The summed E-state index contributed by atoms with van der Waals surface area (Å²) >= 11 is 1.53. The van der Waals surface area contributed by atoms with E-state index in [9.17, 15) is 0 Å². The van der Waals surface area contributed by atoms with Gasteiger partial charge in [0, 0.05) is 0 Å². The second-order valence-electron chi connectivity index (χ2n) is 2.67. The summed E-state index contributed by atoms with van der Waals surface area (Å²) in [6.07, 6.45) is 0. The zero-order valence-electron chi connectivity index (χ0n) is 6.52. The van der Waals surface area contributed by atoms with Gasteiger partial charge in [-0.15, -0.1) is 11.3 Å². The number of aromatic nitrogens is 2. The quantitative estimate of drug-likeness (QED) is 0.590. The number of thiazole rings is 1. The zero-order valence-corrected chi connectivity index (χ0v) is 7.34. The maximum atomic E-state index is 5.46. The third kappa shape index (κ3) is 0.844. The highest BCUT2D eigenvalue weighted by Gasteiger charge is 2.08. The second-order valence-corrected chi connectivity index (χ2v) is 3.52. The molecule has 0 fully saturated rings. The zero-order chi connectivity index (χ0) is 8.84. The van der Waals surface area contributed by atoms with E-state index in [-0.39, 0.29) is 6.01 Å². The van der Waals surface area contributed by atoms with Crippen LogP contribution in [0.2, 0.25) is 0 Å². The van der Waals surface area contributed by atoms with Crippen LogP contribution in [-0.4, -0.2) is 9.97 Å². The maximum Gasteiger partial charge on any atom is 0.293 e. The summed E-state index contributed by atoms with van der Waals surface area (Å²) in [6, 6.07) is 3.98. The van der Waals surface area contributed by atoms with Crippen LogP contribution in [0.15, 0.2) is 22.1 Å². The molecule has 5 heteroatoms. The summed E-state index contributed by atoms with van der Waals surface area (Å²) in [4.78, 5) is 8.20. The molecule has 0 aliphatic heterocycles. The van der Waals surface area contributed by atoms with Crippen LogP contribution < -0.4 is 5.73 Å². The number of anilines is 1. The number of nitrogen functional groups attached to an aromatic ring is 1. The highest BCUT2D eigenvalue weighted by atomic mass is 32.1. The molecule has 2 heterocycles. The highest BCUT2D eigenvalue weighted by Crippen LogP contribution is 2.28. The van der Waals surface area contributed by atoms with Gasteiger partial charge < -0.3 is 10.2 Å². The van der Waals surface area contributed by atoms with Crippen LogP contribution in [0, 0.1) is 0 Å². The molecule has 0 saturated heterocycles. The summed E-state index contributed by atoms with van der Waals surface area (Å²) in [5, 5.41) is 0. The van der Waals surface area contributed by atoms with Crippen LogP contribution in [0.25, 0.3) is 21.3 Å². The molecular formula is C8H5N3OS. The molecule has 0 aliphatic carbocycles. The molecule has 0 saturated carbocycles. The van der Waals surface area contributed by atoms with Crippen LogP contribution in [0.1, 0.15) is 0 Å². The van der Waals surface area contributed by atoms with Crippen molar-refractivity contribution in [2.75, 3.05) is 5.73 Å². The minimum absolute atomic E-state index is 0.205. The van der Waals surface area contributed by atoms with E-state index < -0.39 is 0 Å². The average Bonchev–Trinajstić information content (AvgIpc) is 2.65. The van der Waals surface area contributed by atoms with E-state index in [1.165, 1.54) is 11.3 Å². The monoisotopic (exact) mass is 191 g/mol. The molecule has 0 unspecified atom stereocenters. The van der Waals surface area contributed by atoms with Crippen molar-refractivity contribution in [2.45, 2.75) is 0 Å². The molecule has 2 N–H and O–H groups in total. The number of rotatable bonds is 0. The minimum Gasteiger partial charge on any atom is -0.422 e. The van der Waals surface area contributed by atoms with Gasteiger partial charge in [-0.1, -0.05) is 0 Å². The molecule has 0 bridgehead atoms. The van der Waals surface area contributed by atoms with Gasteiger partial charge in [-0.25, -0.2) is 4.98 Å². The molecule has 0 spiro atoms. The van der Waals surface area contributed by atoms with E-state index in [0.717, 1.165) is 21.3 Å². The summed E-state index contributed by atoms with van der Waals surface area (Å²) in [5.41, 5.74) is 9.68. The number of fused-ring (bicyclic) bond motifs is 3. The Morgan fingerprint density at radius 2 is 2.15 bits per heavy atom. The molecule has 3 aromatic rings. The summed E-state index contributed by atoms with van der Waals surface area (Å²) in [7, 11) is 0. The van der Waals surface area contributed by atoms with Crippen LogP contribution in [0.5, 0.6) is 0 Å². The van der Waals surface area contributed by atoms with Crippen molar-refractivity contribution in [1.82, 2.24) is 9.97 Å². The van der Waals surface area contributed by atoms with E-state index in [1.54, 1.807) is 5.51 Å². The van der Waals surface area contributed by atoms with Gasteiger partial charge in [-0.05, 0) is 12.1 Å². The van der Waals surface area contributed by atoms with Crippen LogP contribution >= 0.6 is 11.3 Å². The molecular weight excluding hydrogens is 186 g/mol. The van der Waals surface area contributed by atoms with Crippen molar-refractivity contribution in [3.05, 3.63) is 17.6 Å². The third-order valence-corrected chi connectivity index (χ3v) is 2.71. The predicted molar refractivity (Wildman–Crippen MR) is 51.6 cm³/mol. The molecule has 0 amide bonds. The van der Waals surface area contributed by atoms with Gasteiger partial charge in [-0.2, -0.15) is 4.98 Å². The fourth-order valence-electron chi connectivity index (χ4n) is 1.33. The van der Waals surface area contributed by atoms with Gasteiger partial charge in [-0.3, -0.25) is 0 Å². The van der Waals surface area contributed by atoms with Gasteiger partial charge in [0.25, 0.3) is 6.01 Å². The van der Waals surface area contributed by atoms with Gasteiger partial charge in [0.2, 0.25) is 0 Å². The van der Waals surface area contributed by atoms with Gasteiger partial charge in [0.1, 0.15) is 5.52 Å². The summed E-state index contributed by atoms with van der Waals surface area (Å²) in [6.45, 7) is 0. The topological polar surface area (TPSA) is 64.9 Å². The molecule has 0 atom stereocenters. The lowest BCUT2D eigenvalue weighted by molar-refractivity contribution is 0.630. The van der Waals surface area contributed by atoms with Crippen molar-refractivity contribution in [3.8, 4) is 0 Å². The number of nitrogens with two attached hydrogens (primary N) is 1. The number of hydrogen-bond acceptors (Lipinski definition) is 5. The van der Waals surface area contributed by atoms with Crippen molar-refractivity contribution in [3.63, 3.8) is 0 Å². The Kier molecular flexibility index (Phi) is 1.16. The maximum absolute atomic E-state index is 5.46. The Morgan fingerprint density at radius 1 is 1.31 bits per heavy atom. The van der Waals surface area contributed by atoms with Crippen molar-refractivity contribution >= 4 is 38.7 Å². The Morgan fingerprint density at radius 3 is 3.08 bits per heavy atom. The predicted octanol–water partition coefficient (Wildman–Crippen LogP) is 2.02. The smallest absolute Gasteiger partial charge is 0.293 e. The first-order valence-corrected chi connectivity index (χ1v) is 4.61. The lowest BCUT2D eigenvalue weighted by Gasteiger charge is -1.86. The number of hydrogen-bond donors (Lipinski definition) is 1. The molecule has 0 aliphatic rings. The SMILES string of the molecule is Nc1nc2ccc3ncsc3c2o1. The molecule has 1 aromatic carbocycles. The fourth-order valence-corrected chi connectivity index (χ4v) is 2.09. The Balaban J connectivity index is 2.64. The molecule has 4 nitrogen and oxygen atoms in total. The molecule has 3 rings (SSSR count). The van der Waals surface area contributed by atoms with Gasteiger partial charge >= 0.3 is 0 Å². The molecule has 2 aromatic heterocycles. The Bertz CT molecular complexity index is 583. The van der Waals surface area contributed by atoms with Crippen LogP contribution in [-0.2, 0) is 0 Å².